The minimum Gasteiger partial charge on any atom is -0.377 e. The molecule has 0 aliphatic carbocycles. The van der Waals surface area contributed by atoms with Gasteiger partial charge in [0.05, 0.1) is 11.6 Å². The molecule has 1 atom stereocenters. The third kappa shape index (κ3) is 6.01. The molecular weight excluding hydrogens is 352 g/mol. The predicted octanol–water partition coefficient (Wildman–Crippen LogP) is 4.17. The van der Waals surface area contributed by atoms with Crippen molar-refractivity contribution in [3.8, 4) is 0 Å². The average molecular weight is 383 g/mol. The van der Waals surface area contributed by atoms with Crippen LogP contribution in [0.5, 0.6) is 0 Å². The van der Waals surface area contributed by atoms with Crippen molar-refractivity contribution in [3.05, 3.63) is 59.7 Å². The number of carbonyl (C=O) groups excluding carboxylic acids is 2. The lowest BCUT2D eigenvalue weighted by Crippen LogP contribution is -2.30. The number of hydrogen-bond donors (Lipinski definition) is 3. The highest BCUT2D eigenvalue weighted by Gasteiger charge is 2.17. The fourth-order valence-corrected chi connectivity index (χ4v) is 2.84. The van der Waals surface area contributed by atoms with E-state index in [1.165, 1.54) is 0 Å². The van der Waals surface area contributed by atoms with Crippen molar-refractivity contribution in [1.29, 1.82) is 0 Å². The van der Waals surface area contributed by atoms with E-state index in [-0.39, 0.29) is 18.0 Å². The first-order chi connectivity index (χ1) is 13.4. The third-order valence-electron chi connectivity index (χ3n) is 4.44. The van der Waals surface area contributed by atoms with Gasteiger partial charge in [-0.2, -0.15) is 0 Å². The molecule has 0 saturated carbocycles. The maximum absolute atomic E-state index is 12.9. The Morgan fingerprint density at radius 3 is 2.43 bits per heavy atom. The lowest BCUT2D eigenvalue weighted by atomic mass is 10.1. The zero-order valence-electron chi connectivity index (χ0n) is 17.1. The molecule has 2 aromatic carbocycles. The van der Waals surface area contributed by atoms with Crippen molar-refractivity contribution < 1.29 is 9.59 Å². The number of unbranched alkanes of at least 4 members (excludes halogenated alkanes) is 1. The maximum atomic E-state index is 12.9. The molecule has 0 saturated heterocycles. The van der Waals surface area contributed by atoms with E-state index < -0.39 is 0 Å². The highest BCUT2D eigenvalue weighted by atomic mass is 16.2. The number of carbonyl (C=O) groups is 2. The van der Waals surface area contributed by atoms with Crippen LogP contribution in [-0.2, 0) is 0 Å². The van der Waals surface area contributed by atoms with Gasteiger partial charge in [-0.25, -0.2) is 4.79 Å². The molecule has 0 heterocycles. The molecule has 28 heavy (non-hydrogen) atoms. The summed E-state index contributed by atoms with van der Waals surface area (Å²) in [4.78, 5) is 26.8. The third-order valence-corrected chi connectivity index (χ3v) is 4.44. The van der Waals surface area contributed by atoms with Crippen LogP contribution in [0.2, 0.25) is 0 Å². The van der Waals surface area contributed by atoms with Crippen molar-refractivity contribution in [2.75, 3.05) is 30.9 Å². The Morgan fingerprint density at radius 1 is 1.07 bits per heavy atom. The van der Waals surface area contributed by atoms with Crippen LogP contribution in [0.1, 0.15) is 48.7 Å². The van der Waals surface area contributed by atoms with Gasteiger partial charge < -0.3 is 20.9 Å². The van der Waals surface area contributed by atoms with Crippen LogP contribution in [0.4, 0.5) is 16.2 Å². The van der Waals surface area contributed by atoms with E-state index >= 15 is 0 Å². The normalized spacial score (nSPS) is 11.4. The molecule has 0 radical (unpaired) electrons. The molecule has 0 unspecified atom stereocenters. The molecule has 2 rings (SSSR count). The summed E-state index contributed by atoms with van der Waals surface area (Å²) in [6.45, 7) is 4.65. The summed E-state index contributed by atoms with van der Waals surface area (Å²) < 4.78 is 0. The summed E-state index contributed by atoms with van der Waals surface area (Å²) in [7, 11) is 3.77. The van der Waals surface area contributed by atoms with Crippen LogP contribution >= 0.6 is 0 Å². The minimum absolute atomic E-state index is 0.127. The summed E-state index contributed by atoms with van der Waals surface area (Å²) in [6.07, 6.45) is 1.94. The molecule has 0 aliphatic heterocycles. The van der Waals surface area contributed by atoms with Gasteiger partial charge in [0, 0.05) is 32.0 Å². The summed E-state index contributed by atoms with van der Waals surface area (Å²) in [5, 5.41) is 8.65. The van der Waals surface area contributed by atoms with Gasteiger partial charge in [0.2, 0.25) is 0 Å². The standard InChI is InChI=1S/C22H30N4O2/c1-5-6-14-23-22(28)25-18-12-13-20(26(3)4)19(15-18)21(27)24-16(2)17-10-8-7-9-11-17/h7-13,15-16H,5-6,14H2,1-4H3,(H,24,27)(H2,23,25,28)/t16-/m0/s1. The van der Waals surface area contributed by atoms with Crippen LogP contribution < -0.4 is 20.9 Å². The first-order valence-corrected chi connectivity index (χ1v) is 9.64. The van der Waals surface area contributed by atoms with Crippen molar-refractivity contribution in [3.63, 3.8) is 0 Å². The highest BCUT2D eigenvalue weighted by molar-refractivity contribution is 6.02. The lowest BCUT2D eigenvalue weighted by Gasteiger charge is -2.20. The van der Waals surface area contributed by atoms with E-state index in [0.717, 1.165) is 24.1 Å². The molecule has 3 N–H and O–H groups in total. The van der Waals surface area contributed by atoms with Crippen LogP contribution in [0, 0.1) is 0 Å². The second-order valence-corrected chi connectivity index (χ2v) is 6.97. The SMILES string of the molecule is CCCCNC(=O)Nc1ccc(N(C)C)c(C(=O)N[C@@H](C)c2ccccc2)c1. The van der Waals surface area contributed by atoms with Crippen LogP contribution in [0.3, 0.4) is 0 Å². The highest BCUT2D eigenvalue weighted by Crippen LogP contribution is 2.24. The Morgan fingerprint density at radius 2 is 1.79 bits per heavy atom. The monoisotopic (exact) mass is 382 g/mol. The van der Waals surface area contributed by atoms with Crippen LogP contribution in [-0.4, -0.2) is 32.6 Å². The summed E-state index contributed by atoms with van der Waals surface area (Å²) >= 11 is 0. The van der Waals surface area contributed by atoms with Gasteiger partial charge in [-0.05, 0) is 37.1 Å². The topological polar surface area (TPSA) is 73.5 Å². The predicted molar refractivity (Wildman–Crippen MR) is 115 cm³/mol. The second-order valence-electron chi connectivity index (χ2n) is 6.97. The average Bonchev–Trinajstić information content (AvgIpc) is 2.68. The molecule has 0 bridgehead atoms. The van der Waals surface area contributed by atoms with Crippen molar-refractivity contribution in [2.45, 2.75) is 32.7 Å². The molecule has 0 aromatic heterocycles. The van der Waals surface area contributed by atoms with Gasteiger partial charge in [-0.1, -0.05) is 43.7 Å². The van der Waals surface area contributed by atoms with Gasteiger partial charge >= 0.3 is 6.03 Å². The molecule has 0 aliphatic rings. The number of rotatable bonds is 8. The quantitative estimate of drug-likeness (QED) is 0.600. The Bertz CT molecular complexity index is 790. The molecule has 3 amide bonds. The van der Waals surface area contributed by atoms with Crippen molar-refractivity contribution in [1.82, 2.24) is 10.6 Å². The molecule has 6 nitrogen and oxygen atoms in total. The second kappa shape index (κ2) is 10.3. The first-order valence-electron chi connectivity index (χ1n) is 9.64. The van der Waals surface area contributed by atoms with E-state index in [1.54, 1.807) is 12.1 Å². The number of benzene rings is 2. The molecule has 0 fully saturated rings. The lowest BCUT2D eigenvalue weighted by molar-refractivity contribution is 0.0940. The zero-order valence-corrected chi connectivity index (χ0v) is 17.1. The Labute approximate surface area is 167 Å². The molecule has 6 heteroatoms. The number of hydrogen-bond acceptors (Lipinski definition) is 3. The number of nitrogens with one attached hydrogen (secondary N) is 3. The molecule has 150 valence electrons. The maximum Gasteiger partial charge on any atom is 0.319 e. The van der Waals surface area contributed by atoms with Gasteiger partial charge in [0.25, 0.3) is 5.91 Å². The molecular formula is C22H30N4O2. The summed E-state index contributed by atoms with van der Waals surface area (Å²) in [5.74, 6) is -0.185. The van der Waals surface area contributed by atoms with Crippen LogP contribution in [0.25, 0.3) is 0 Å². The minimum atomic E-state index is -0.268. The number of nitrogens with zero attached hydrogens (tertiary/aromatic N) is 1. The van der Waals surface area contributed by atoms with E-state index in [9.17, 15) is 9.59 Å². The number of urea groups is 1. The largest absolute Gasteiger partial charge is 0.377 e. The van der Waals surface area contributed by atoms with Gasteiger partial charge in [0.15, 0.2) is 0 Å². The van der Waals surface area contributed by atoms with Crippen molar-refractivity contribution >= 4 is 23.3 Å². The van der Waals surface area contributed by atoms with E-state index in [4.69, 9.17) is 0 Å². The Balaban J connectivity index is 2.15. The van der Waals surface area contributed by atoms with E-state index in [2.05, 4.69) is 22.9 Å². The first kappa shape index (κ1) is 21.3. The summed E-state index contributed by atoms with van der Waals surface area (Å²) in [5.41, 5.74) is 2.91. The molecule has 2 aromatic rings. The molecule has 0 spiro atoms. The Hall–Kier alpha value is -3.02. The van der Waals surface area contributed by atoms with Gasteiger partial charge in [0.1, 0.15) is 0 Å². The zero-order chi connectivity index (χ0) is 20.5. The Kier molecular flexibility index (Phi) is 7.87. The van der Waals surface area contributed by atoms with E-state index in [0.29, 0.717) is 17.8 Å². The number of amides is 3. The van der Waals surface area contributed by atoms with Gasteiger partial charge in [-0.15, -0.1) is 0 Å². The fraction of sp³-hybridized carbons (Fsp3) is 0.364. The smallest absolute Gasteiger partial charge is 0.319 e. The van der Waals surface area contributed by atoms with Crippen LogP contribution in [0.15, 0.2) is 48.5 Å². The van der Waals surface area contributed by atoms with Gasteiger partial charge in [-0.3, -0.25) is 4.79 Å². The summed E-state index contributed by atoms with van der Waals surface area (Å²) in [6, 6.07) is 14.8. The van der Waals surface area contributed by atoms with Crippen molar-refractivity contribution in [2.24, 2.45) is 0 Å². The fourth-order valence-electron chi connectivity index (χ4n) is 2.84. The number of anilines is 2. The van der Waals surface area contributed by atoms with E-state index in [1.807, 2.05) is 62.3 Å².